The highest BCUT2D eigenvalue weighted by atomic mass is 16.5. The second-order valence-corrected chi connectivity index (χ2v) is 5.16. The molecule has 6 heteroatoms. The maximum Gasteiger partial charge on any atom is 0.253 e. The van der Waals surface area contributed by atoms with E-state index in [-0.39, 0.29) is 23.8 Å². The van der Waals surface area contributed by atoms with Crippen LogP contribution in [0.25, 0.3) is 0 Å². The monoisotopic (exact) mass is 291 g/mol. The van der Waals surface area contributed by atoms with Crippen LogP contribution in [0.3, 0.4) is 0 Å². The minimum absolute atomic E-state index is 0.101. The molecule has 1 aliphatic heterocycles. The van der Waals surface area contributed by atoms with E-state index in [2.05, 4.69) is 10.6 Å². The normalized spacial score (nSPS) is 21.0. The van der Waals surface area contributed by atoms with Gasteiger partial charge in [0.05, 0.1) is 29.9 Å². The number of ether oxygens (including phenoxy) is 1. The van der Waals surface area contributed by atoms with Crippen LogP contribution in [0, 0.1) is 5.92 Å². The van der Waals surface area contributed by atoms with Gasteiger partial charge in [0.1, 0.15) is 0 Å². The molecule has 0 saturated carbocycles. The molecule has 0 spiro atoms. The number of benzene rings is 1. The summed E-state index contributed by atoms with van der Waals surface area (Å²) >= 11 is 0. The van der Waals surface area contributed by atoms with Crippen molar-refractivity contribution in [3.8, 4) is 0 Å². The van der Waals surface area contributed by atoms with Gasteiger partial charge in [0.2, 0.25) is 5.91 Å². The zero-order valence-corrected chi connectivity index (χ0v) is 12.1. The molecule has 0 aliphatic carbocycles. The number of carbonyl (C=O) groups is 2. The predicted octanol–water partition coefficient (Wildman–Crippen LogP) is 0.739. The zero-order chi connectivity index (χ0) is 15.2. The van der Waals surface area contributed by atoms with E-state index in [0.717, 1.165) is 0 Å². The lowest BCUT2D eigenvalue weighted by molar-refractivity contribution is -0.119. The highest BCUT2D eigenvalue weighted by Crippen LogP contribution is 2.22. The number of rotatable bonds is 5. The zero-order valence-electron chi connectivity index (χ0n) is 12.1. The van der Waals surface area contributed by atoms with E-state index in [1.54, 1.807) is 24.3 Å². The molecular formula is C15H21N3O3. The quantitative estimate of drug-likeness (QED) is 0.746. The average molecular weight is 291 g/mol. The fraction of sp³-hybridized carbons (Fsp3) is 0.467. The number of amides is 2. The van der Waals surface area contributed by atoms with Gasteiger partial charge in [-0.1, -0.05) is 12.1 Å². The number of nitrogens with one attached hydrogen (secondary N) is 2. The van der Waals surface area contributed by atoms with Gasteiger partial charge in [0, 0.05) is 13.1 Å². The third-order valence-corrected chi connectivity index (χ3v) is 3.43. The van der Waals surface area contributed by atoms with E-state index in [0.29, 0.717) is 37.4 Å². The lowest BCUT2D eigenvalue weighted by Gasteiger charge is -2.13. The molecule has 1 aromatic rings. The Morgan fingerprint density at radius 1 is 1.38 bits per heavy atom. The average Bonchev–Trinajstić information content (AvgIpc) is 2.92. The van der Waals surface area contributed by atoms with E-state index >= 15 is 0 Å². The van der Waals surface area contributed by atoms with Crippen LogP contribution >= 0.6 is 0 Å². The van der Waals surface area contributed by atoms with Crippen LogP contribution < -0.4 is 16.4 Å². The number of nitrogens with two attached hydrogens (primary N) is 1. The van der Waals surface area contributed by atoms with Gasteiger partial charge in [0.25, 0.3) is 5.91 Å². The Kier molecular flexibility index (Phi) is 5.30. The van der Waals surface area contributed by atoms with Crippen molar-refractivity contribution < 1.29 is 14.3 Å². The molecule has 6 nitrogen and oxygen atoms in total. The summed E-state index contributed by atoms with van der Waals surface area (Å²) in [6.45, 7) is 3.14. The summed E-state index contributed by atoms with van der Waals surface area (Å²) in [7, 11) is 0. The van der Waals surface area contributed by atoms with Crippen LogP contribution in [-0.4, -0.2) is 37.6 Å². The molecule has 2 unspecified atom stereocenters. The largest absolute Gasteiger partial charge is 0.378 e. The van der Waals surface area contributed by atoms with Crippen molar-refractivity contribution in [3.05, 3.63) is 29.8 Å². The van der Waals surface area contributed by atoms with E-state index in [9.17, 15) is 9.59 Å². The molecular weight excluding hydrogens is 270 g/mol. The Hall–Kier alpha value is -1.92. The van der Waals surface area contributed by atoms with Gasteiger partial charge in [-0.3, -0.25) is 9.59 Å². The molecule has 0 bridgehead atoms. The summed E-state index contributed by atoms with van der Waals surface area (Å²) < 4.78 is 5.40. The van der Waals surface area contributed by atoms with Crippen molar-refractivity contribution in [1.29, 1.82) is 0 Å². The number of anilines is 1. The summed E-state index contributed by atoms with van der Waals surface area (Å²) in [4.78, 5) is 24.2. The number of hydrogen-bond acceptors (Lipinski definition) is 4. The van der Waals surface area contributed by atoms with E-state index in [1.165, 1.54) is 0 Å². The van der Waals surface area contributed by atoms with Crippen molar-refractivity contribution in [2.75, 3.05) is 25.0 Å². The molecule has 1 aromatic carbocycles. The Morgan fingerprint density at radius 2 is 2.14 bits per heavy atom. The predicted molar refractivity (Wildman–Crippen MR) is 80.0 cm³/mol. The van der Waals surface area contributed by atoms with Gasteiger partial charge in [-0.15, -0.1) is 0 Å². The third-order valence-electron chi connectivity index (χ3n) is 3.43. The lowest BCUT2D eigenvalue weighted by atomic mass is 10.0. The lowest BCUT2D eigenvalue weighted by Crippen LogP contribution is -2.30. The summed E-state index contributed by atoms with van der Waals surface area (Å²) in [5, 5.41) is 5.52. The van der Waals surface area contributed by atoms with Crippen molar-refractivity contribution in [1.82, 2.24) is 5.32 Å². The van der Waals surface area contributed by atoms with E-state index < -0.39 is 0 Å². The first-order valence-electron chi connectivity index (χ1n) is 7.11. The highest BCUT2D eigenvalue weighted by Gasteiger charge is 2.28. The first kappa shape index (κ1) is 15.5. The molecule has 1 aliphatic rings. The molecule has 21 heavy (non-hydrogen) atoms. The fourth-order valence-electron chi connectivity index (χ4n) is 2.31. The summed E-state index contributed by atoms with van der Waals surface area (Å²) in [5.74, 6) is -0.522. The maximum atomic E-state index is 12.2. The first-order valence-corrected chi connectivity index (χ1v) is 7.11. The maximum absolute atomic E-state index is 12.2. The van der Waals surface area contributed by atoms with Crippen LogP contribution in [-0.2, 0) is 9.53 Å². The molecule has 4 N–H and O–H groups in total. The van der Waals surface area contributed by atoms with Gasteiger partial charge in [-0.25, -0.2) is 0 Å². The Morgan fingerprint density at radius 3 is 2.81 bits per heavy atom. The van der Waals surface area contributed by atoms with Crippen molar-refractivity contribution in [3.63, 3.8) is 0 Å². The molecule has 2 rings (SSSR count). The Labute approximate surface area is 124 Å². The van der Waals surface area contributed by atoms with Crippen LogP contribution in [0.5, 0.6) is 0 Å². The van der Waals surface area contributed by atoms with Crippen LogP contribution in [0.1, 0.15) is 23.7 Å². The summed E-state index contributed by atoms with van der Waals surface area (Å²) in [6.07, 6.45) is 0.803. The number of para-hydroxylation sites is 1. The molecule has 1 saturated heterocycles. The van der Waals surface area contributed by atoms with Crippen LogP contribution in [0.4, 0.5) is 5.69 Å². The highest BCUT2D eigenvalue weighted by molar-refractivity contribution is 6.04. The SMILES string of the molecule is CC1CC(C(=O)Nc2ccccc2C(=O)NCCN)CO1. The first-order chi connectivity index (χ1) is 10.1. The number of hydrogen-bond donors (Lipinski definition) is 3. The molecule has 2 amide bonds. The van der Waals surface area contributed by atoms with Crippen molar-refractivity contribution in [2.45, 2.75) is 19.4 Å². The van der Waals surface area contributed by atoms with Gasteiger partial charge >= 0.3 is 0 Å². The van der Waals surface area contributed by atoms with Gasteiger partial charge in [0.15, 0.2) is 0 Å². The van der Waals surface area contributed by atoms with Crippen LogP contribution in [0.2, 0.25) is 0 Å². The molecule has 0 aromatic heterocycles. The minimum atomic E-state index is -0.243. The van der Waals surface area contributed by atoms with Crippen LogP contribution in [0.15, 0.2) is 24.3 Å². The molecule has 1 fully saturated rings. The summed E-state index contributed by atoms with van der Waals surface area (Å²) in [5.41, 5.74) is 6.32. The summed E-state index contributed by atoms with van der Waals surface area (Å²) in [6, 6.07) is 6.93. The number of carbonyl (C=O) groups excluding carboxylic acids is 2. The Balaban J connectivity index is 2.06. The van der Waals surface area contributed by atoms with Gasteiger partial charge < -0.3 is 21.1 Å². The van der Waals surface area contributed by atoms with E-state index in [1.807, 2.05) is 6.92 Å². The minimum Gasteiger partial charge on any atom is -0.378 e. The molecule has 114 valence electrons. The topological polar surface area (TPSA) is 93.5 Å². The second kappa shape index (κ2) is 7.19. The van der Waals surface area contributed by atoms with Crippen molar-refractivity contribution >= 4 is 17.5 Å². The second-order valence-electron chi connectivity index (χ2n) is 5.16. The molecule has 2 atom stereocenters. The fourth-order valence-corrected chi connectivity index (χ4v) is 2.31. The van der Waals surface area contributed by atoms with E-state index in [4.69, 9.17) is 10.5 Å². The third kappa shape index (κ3) is 4.03. The standard InChI is InChI=1S/C15H21N3O3/c1-10-8-11(9-21-10)14(19)18-13-5-3-2-4-12(13)15(20)17-7-6-16/h2-5,10-11H,6-9,16H2,1H3,(H,17,20)(H,18,19). The Bertz CT molecular complexity index is 519. The van der Waals surface area contributed by atoms with Gasteiger partial charge in [-0.05, 0) is 25.5 Å². The molecule has 0 radical (unpaired) electrons. The van der Waals surface area contributed by atoms with Crippen molar-refractivity contribution in [2.24, 2.45) is 11.7 Å². The van der Waals surface area contributed by atoms with Gasteiger partial charge in [-0.2, -0.15) is 0 Å². The molecule has 1 heterocycles. The smallest absolute Gasteiger partial charge is 0.253 e.